The highest BCUT2D eigenvalue weighted by Crippen LogP contribution is 2.34. The van der Waals surface area contributed by atoms with Crippen molar-refractivity contribution >= 4 is 5.91 Å². The Hall–Kier alpha value is -1.01. The van der Waals surface area contributed by atoms with Gasteiger partial charge in [0.1, 0.15) is 0 Å². The minimum absolute atomic E-state index is 0.0120. The molecule has 0 heterocycles. The van der Waals surface area contributed by atoms with E-state index in [2.05, 4.69) is 23.1 Å². The first-order valence-corrected chi connectivity index (χ1v) is 5.05. The van der Waals surface area contributed by atoms with Crippen LogP contribution in [0.5, 0.6) is 0 Å². The van der Waals surface area contributed by atoms with E-state index in [9.17, 15) is 4.79 Å². The van der Waals surface area contributed by atoms with Crippen LogP contribution in [0.1, 0.15) is 19.8 Å². The van der Waals surface area contributed by atoms with Gasteiger partial charge in [-0.2, -0.15) is 0 Å². The van der Waals surface area contributed by atoms with E-state index in [1.165, 1.54) is 12.8 Å². The molecule has 0 aromatic rings. The van der Waals surface area contributed by atoms with Gasteiger partial charge in [0.2, 0.25) is 5.91 Å². The first-order valence-electron chi connectivity index (χ1n) is 5.05. The van der Waals surface area contributed by atoms with E-state index < -0.39 is 0 Å². The Bertz CT molecular complexity index is 240. The third kappa shape index (κ3) is 3.39. The second-order valence-electron chi connectivity index (χ2n) is 3.97. The van der Waals surface area contributed by atoms with E-state index in [0.29, 0.717) is 19.1 Å². The molecule has 1 atom stereocenters. The molecule has 1 N–H and O–H groups in total. The molecule has 1 saturated carbocycles. The highest BCUT2D eigenvalue weighted by atomic mass is 16.2. The van der Waals surface area contributed by atoms with Crippen LogP contribution < -0.4 is 5.32 Å². The first-order chi connectivity index (χ1) is 6.65. The predicted molar refractivity (Wildman–Crippen MR) is 56.7 cm³/mol. The van der Waals surface area contributed by atoms with Crippen LogP contribution in [0.4, 0.5) is 0 Å². The molecule has 0 aromatic carbocycles. The summed E-state index contributed by atoms with van der Waals surface area (Å²) in [5, 5.41) is 2.66. The Morgan fingerprint density at radius 1 is 1.71 bits per heavy atom. The van der Waals surface area contributed by atoms with E-state index >= 15 is 0 Å². The average Bonchev–Trinajstić information content (AvgIpc) is 2.96. The van der Waals surface area contributed by atoms with Crippen molar-refractivity contribution in [2.75, 3.05) is 20.1 Å². The second kappa shape index (κ2) is 5.02. The lowest BCUT2D eigenvalue weighted by Crippen LogP contribution is -2.40. The number of nitrogens with one attached hydrogen (secondary N) is 1. The van der Waals surface area contributed by atoms with Crippen molar-refractivity contribution < 1.29 is 4.79 Å². The van der Waals surface area contributed by atoms with Crippen LogP contribution >= 0.6 is 0 Å². The molecule has 0 aromatic heterocycles. The van der Waals surface area contributed by atoms with Gasteiger partial charge in [-0.1, -0.05) is 5.92 Å². The zero-order valence-electron chi connectivity index (χ0n) is 8.92. The van der Waals surface area contributed by atoms with Crippen molar-refractivity contribution in [2.45, 2.75) is 25.8 Å². The Kier molecular flexibility index (Phi) is 3.97. The van der Waals surface area contributed by atoms with Gasteiger partial charge in [-0.05, 0) is 32.7 Å². The van der Waals surface area contributed by atoms with Crippen LogP contribution in [-0.2, 0) is 4.79 Å². The SMILES string of the molecule is C#CCNC(=O)CN(C)C(C)C1CC1. The molecule has 14 heavy (non-hydrogen) atoms. The number of amides is 1. The van der Waals surface area contributed by atoms with Crippen LogP contribution in [0.3, 0.4) is 0 Å². The number of carbonyl (C=O) groups is 1. The van der Waals surface area contributed by atoms with Gasteiger partial charge in [0.25, 0.3) is 0 Å². The molecule has 1 rings (SSSR count). The smallest absolute Gasteiger partial charge is 0.234 e. The summed E-state index contributed by atoms with van der Waals surface area (Å²) in [6, 6.07) is 0.506. The molecule has 0 spiro atoms. The van der Waals surface area contributed by atoms with Gasteiger partial charge in [-0.3, -0.25) is 9.69 Å². The summed E-state index contributed by atoms with van der Waals surface area (Å²) in [7, 11) is 1.98. The van der Waals surface area contributed by atoms with Gasteiger partial charge in [-0.25, -0.2) is 0 Å². The maximum Gasteiger partial charge on any atom is 0.234 e. The molecule has 3 heteroatoms. The molecule has 0 saturated heterocycles. The molecule has 1 aliphatic carbocycles. The molecule has 1 fully saturated rings. The zero-order valence-corrected chi connectivity index (χ0v) is 8.92. The van der Waals surface area contributed by atoms with Crippen LogP contribution in [0.15, 0.2) is 0 Å². The first kappa shape index (κ1) is 11.1. The second-order valence-corrected chi connectivity index (χ2v) is 3.97. The van der Waals surface area contributed by atoms with Crippen LogP contribution in [0.2, 0.25) is 0 Å². The largest absolute Gasteiger partial charge is 0.344 e. The van der Waals surface area contributed by atoms with Crippen molar-refractivity contribution in [2.24, 2.45) is 5.92 Å². The summed E-state index contributed by atoms with van der Waals surface area (Å²) in [6.45, 7) is 2.94. The van der Waals surface area contributed by atoms with Crippen LogP contribution in [0, 0.1) is 18.3 Å². The minimum Gasteiger partial charge on any atom is -0.344 e. The molecule has 78 valence electrons. The van der Waals surface area contributed by atoms with E-state index in [1.54, 1.807) is 0 Å². The highest BCUT2D eigenvalue weighted by molar-refractivity contribution is 5.78. The molecule has 0 bridgehead atoms. The van der Waals surface area contributed by atoms with Gasteiger partial charge in [-0.15, -0.1) is 6.42 Å². The van der Waals surface area contributed by atoms with Gasteiger partial charge < -0.3 is 5.32 Å². The molecular weight excluding hydrogens is 176 g/mol. The van der Waals surface area contributed by atoms with Gasteiger partial charge in [0.15, 0.2) is 0 Å². The molecule has 1 aliphatic rings. The molecule has 3 nitrogen and oxygen atoms in total. The molecule has 0 radical (unpaired) electrons. The Morgan fingerprint density at radius 3 is 2.86 bits per heavy atom. The number of carbonyl (C=O) groups excluding carboxylic acids is 1. The molecule has 1 unspecified atom stereocenters. The number of nitrogens with zero attached hydrogens (tertiary/aromatic N) is 1. The van der Waals surface area contributed by atoms with Crippen molar-refractivity contribution in [3.05, 3.63) is 0 Å². The number of terminal acetylenes is 1. The number of hydrogen-bond acceptors (Lipinski definition) is 2. The zero-order chi connectivity index (χ0) is 10.6. The molecule has 1 amide bonds. The van der Waals surface area contributed by atoms with E-state index in [4.69, 9.17) is 6.42 Å². The standard InChI is InChI=1S/C11H18N2O/c1-4-7-12-11(14)8-13(3)9(2)10-5-6-10/h1,9-10H,5-8H2,2-3H3,(H,12,14). The Balaban J connectivity index is 2.21. The molecule has 0 aliphatic heterocycles. The van der Waals surface area contributed by atoms with E-state index in [-0.39, 0.29) is 5.91 Å². The fraction of sp³-hybridized carbons (Fsp3) is 0.727. The summed E-state index contributed by atoms with van der Waals surface area (Å²) < 4.78 is 0. The quantitative estimate of drug-likeness (QED) is 0.645. The van der Waals surface area contributed by atoms with E-state index in [1.807, 2.05) is 7.05 Å². The Labute approximate surface area is 85.9 Å². The lowest BCUT2D eigenvalue weighted by atomic mass is 10.2. The van der Waals surface area contributed by atoms with Crippen molar-refractivity contribution in [1.82, 2.24) is 10.2 Å². The van der Waals surface area contributed by atoms with Gasteiger partial charge in [0.05, 0.1) is 13.1 Å². The van der Waals surface area contributed by atoms with Gasteiger partial charge in [0, 0.05) is 6.04 Å². The number of likely N-dealkylation sites (N-methyl/N-ethyl adjacent to an activating group) is 1. The topological polar surface area (TPSA) is 32.3 Å². The number of hydrogen-bond donors (Lipinski definition) is 1. The lowest BCUT2D eigenvalue weighted by Gasteiger charge is -2.23. The molecular formula is C11H18N2O. The number of rotatable bonds is 5. The van der Waals surface area contributed by atoms with Crippen molar-refractivity contribution in [3.8, 4) is 12.3 Å². The fourth-order valence-electron chi connectivity index (χ4n) is 1.51. The monoisotopic (exact) mass is 194 g/mol. The summed E-state index contributed by atoms with van der Waals surface area (Å²) in [5.74, 6) is 3.19. The minimum atomic E-state index is 0.0120. The normalized spacial score (nSPS) is 17.6. The summed E-state index contributed by atoms with van der Waals surface area (Å²) in [5.41, 5.74) is 0. The third-order valence-electron chi connectivity index (χ3n) is 2.78. The van der Waals surface area contributed by atoms with Gasteiger partial charge >= 0.3 is 0 Å². The van der Waals surface area contributed by atoms with Crippen molar-refractivity contribution in [3.63, 3.8) is 0 Å². The lowest BCUT2D eigenvalue weighted by molar-refractivity contribution is -0.122. The average molecular weight is 194 g/mol. The van der Waals surface area contributed by atoms with Crippen LogP contribution in [-0.4, -0.2) is 37.0 Å². The maximum absolute atomic E-state index is 11.3. The highest BCUT2D eigenvalue weighted by Gasteiger charge is 2.30. The van der Waals surface area contributed by atoms with E-state index in [0.717, 1.165) is 5.92 Å². The van der Waals surface area contributed by atoms with Crippen LogP contribution in [0.25, 0.3) is 0 Å². The maximum atomic E-state index is 11.3. The summed E-state index contributed by atoms with van der Waals surface area (Å²) >= 11 is 0. The predicted octanol–water partition coefficient (Wildman–Crippen LogP) is 0.466. The fourth-order valence-corrected chi connectivity index (χ4v) is 1.51. The Morgan fingerprint density at radius 2 is 2.36 bits per heavy atom. The summed E-state index contributed by atoms with van der Waals surface area (Å²) in [6.07, 6.45) is 7.65. The summed E-state index contributed by atoms with van der Waals surface area (Å²) in [4.78, 5) is 13.4. The van der Waals surface area contributed by atoms with Crippen molar-refractivity contribution in [1.29, 1.82) is 0 Å². The third-order valence-corrected chi connectivity index (χ3v) is 2.78.